The lowest BCUT2D eigenvalue weighted by molar-refractivity contribution is 0.296. The molecular formula is C31H33N5. The average molecular weight is 476 g/mol. The summed E-state index contributed by atoms with van der Waals surface area (Å²) in [7, 11) is 0. The highest BCUT2D eigenvalue weighted by Gasteiger charge is 2.22. The summed E-state index contributed by atoms with van der Waals surface area (Å²) in [5.74, 6) is 0. The molecular weight excluding hydrogens is 442 g/mol. The van der Waals surface area contributed by atoms with Crippen molar-refractivity contribution in [2.45, 2.75) is 39.3 Å². The number of fused-ring (bicyclic) bond motifs is 2. The van der Waals surface area contributed by atoms with E-state index in [9.17, 15) is 0 Å². The molecule has 6 rings (SSSR count). The van der Waals surface area contributed by atoms with E-state index in [1.54, 1.807) is 0 Å². The number of hydrogen-bond acceptors (Lipinski definition) is 3. The van der Waals surface area contributed by atoms with Gasteiger partial charge in [-0.25, -0.2) is 4.98 Å². The molecule has 3 aromatic heterocycles. The first-order chi connectivity index (χ1) is 17.5. The highest BCUT2D eigenvalue weighted by Crippen LogP contribution is 2.33. The van der Waals surface area contributed by atoms with Gasteiger partial charge in [-0.05, 0) is 56.5 Å². The Labute approximate surface area is 212 Å². The summed E-state index contributed by atoms with van der Waals surface area (Å²) in [4.78, 5) is 7.53. The molecule has 1 unspecified atom stereocenters. The molecule has 36 heavy (non-hydrogen) atoms. The van der Waals surface area contributed by atoms with Crippen molar-refractivity contribution >= 4 is 22.2 Å². The van der Waals surface area contributed by atoms with Gasteiger partial charge in [-0.3, -0.25) is 0 Å². The molecule has 2 N–H and O–H groups in total. The number of nitrogens with two attached hydrogens (primary N) is 1. The third-order valence-electron chi connectivity index (χ3n) is 7.54. The number of pyridine rings is 1. The van der Waals surface area contributed by atoms with E-state index in [1.165, 1.54) is 16.5 Å². The quantitative estimate of drug-likeness (QED) is 0.338. The zero-order valence-electron chi connectivity index (χ0n) is 21.1. The van der Waals surface area contributed by atoms with Crippen LogP contribution in [0.1, 0.15) is 35.4 Å². The highest BCUT2D eigenvalue weighted by molar-refractivity contribution is 5.87. The van der Waals surface area contributed by atoms with Gasteiger partial charge in [0.25, 0.3) is 0 Å². The van der Waals surface area contributed by atoms with Gasteiger partial charge in [0, 0.05) is 59.2 Å². The molecule has 0 radical (unpaired) electrons. The second kappa shape index (κ2) is 8.99. The third kappa shape index (κ3) is 3.90. The van der Waals surface area contributed by atoms with Gasteiger partial charge in [0.1, 0.15) is 11.3 Å². The van der Waals surface area contributed by atoms with E-state index in [2.05, 4.69) is 107 Å². The van der Waals surface area contributed by atoms with E-state index in [0.29, 0.717) is 0 Å². The van der Waals surface area contributed by atoms with Crippen LogP contribution < -0.4 is 5.73 Å². The van der Waals surface area contributed by atoms with Gasteiger partial charge in [0.15, 0.2) is 0 Å². The van der Waals surface area contributed by atoms with Crippen molar-refractivity contribution in [2.75, 3.05) is 13.1 Å². The summed E-state index contributed by atoms with van der Waals surface area (Å²) in [5.41, 5.74) is 16.3. The summed E-state index contributed by atoms with van der Waals surface area (Å²) in [6.45, 7) is 11.4. The number of para-hydroxylation sites is 1. The number of aryl methyl sites for hydroxylation is 2. The summed E-state index contributed by atoms with van der Waals surface area (Å²) in [5, 5.41) is 1.23. The largest absolute Gasteiger partial charge is 0.370 e. The Morgan fingerprint density at radius 3 is 2.61 bits per heavy atom. The second-order valence-electron chi connectivity index (χ2n) is 10.1. The Morgan fingerprint density at radius 1 is 1.03 bits per heavy atom. The number of rotatable bonds is 5. The Bertz CT molecular complexity index is 1570. The lowest BCUT2D eigenvalue weighted by Crippen LogP contribution is -2.41. The molecule has 5 heteroatoms. The number of aromatic nitrogens is 3. The zero-order valence-corrected chi connectivity index (χ0v) is 21.1. The van der Waals surface area contributed by atoms with Gasteiger partial charge in [0.2, 0.25) is 0 Å². The molecule has 0 saturated carbocycles. The Balaban J connectivity index is 1.46. The number of imidazole rings is 1. The van der Waals surface area contributed by atoms with Gasteiger partial charge in [-0.1, -0.05) is 55.1 Å². The molecule has 1 atom stereocenters. The molecule has 5 nitrogen and oxygen atoms in total. The van der Waals surface area contributed by atoms with E-state index in [-0.39, 0.29) is 6.04 Å². The lowest BCUT2D eigenvalue weighted by atomic mass is 10.0. The fraction of sp³-hybridized carbons (Fsp3) is 0.258. The summed E-state index contributed by atoms with van der Waals surface area (Å²) >= 11 is 0. The van der Waals surface area contributed by atoms with Crippen molar-refractivity contribution in [1.82, 2.24) is 18.9 Å². The van der Waals surface area contributed by atoms with Crippen LogP contribution in [0, 0.1) is 13.8 Å². The fourth-order valence-corrected chi connectivity index (χ4v) is 5.73. The van der Waals surface area contributed by atoms with Crippen molar-refractivity contribution in [3.63, 3.8) is 0 Å². The van der Waals surface area contributed by atoms with Crippen LogP contribution in [0.25, 0.3) is 33.6 Å². The van der Waals surface area contributed by atoms with Crippen LogP contribution in [0.4, 0.5) is 0 Å². The maximum absolute atomic E-state index is 6.25. The highest BCUT2D eigenvalue weighted by atomic mass is 15.2. The molecule has 0 aliphatic carbocycles. The predicted molar refractivity (Wildman–Crippen MR) is 149 cm³/mol. The maximum atomic E-state index is 6.25. The molecule has 182 valence electrons. The maximum Gasteiger partial charge on any atom is 0.138 e. The molecule has 4 heterocycles. The van der Waals surface area contributed by atoms with Crippen molar-refractivity contribution < 1.29 is 0 Å². The Morgan fingerprint density at radius 2 is 1.81 bits per heavy atom. The smallest absolute Gasteiger partial charge is 0.138 e. The van der Waals surface area contributed by atoms with Gasteiger partial charge in [-0.15, -0.1) is 0 Å². The molecule has 0 spiro atoms. The first-order valence-electron chi connectivity index (χ1n) is 12.8. The number of piperidine rings is 1. The minimum Gasteiger partial charge on any atom is -0.370 e. The van der Waals surface area contributed by atoms with E-state index >= 15 is 0 Å². The van der Waals surface area contributed by atoms with E-state index in [4.69, 9.17) is 10.7 Å². The van der Waals surface area contributed by atoms with Crippen LogP contribution >= 0.6 is 0 Å². The number of likely N-dealkylation sites (tertiary alicyclic amines) is 1. The van der Waals surface area contributed by atoms with Crippen LogP contribution in [0.3, 0.4) is 0 Å². The number of nitrogens with zero attached hydrogens (tertiary/aromatic N) is 4. The summed E-state index contributed by atoms with van der Waals surface area (Å²) in [6, 6.07) is 26.1. The molecule has 0 bridgehead atoms. The topological polar surface area (TPSA) is 51.5 Å². The molecule has 1 saturated heterocycles. The number of benzene rings is 2. The molecule has 0 amide bonds. The molecule has 1 aliphatic rings. The van der Waals surface area contributed by atoms with E-state index in [1.807, 2.05) is 0 Å². The van der Waals surface area contributed by atoms with Crippen molar-refractivity contribution in [3.8, 4) is 11.4 Å². The van der Waals surface area contributed by atoms with Crippen LogP contribution in [0.5, 0.6) is 0 Å². The van der Waals surface area contributed by atoms with Gasteiger partial charge in [-0.2, -0.15) is 0 Å². The third-order valence-corrected chi connectivity index (χ3v) is 7.54. The van der Waals surface area contributed by atoms with Crippen LogP contribution in [-0.4, -0.2) is 38.0 Å². The predicted octanol–water partition coefficient (Wildman–Crippen LogP) is 6.01. The second-order valence-corrected chi connectivity index (χ2v) is 10.1. The minimum absolute atomic E-state index is 0.215. The van der Waals surface area contributed by atoms with Crippen molar-refractivity contribution in [3.05, 3.63) is 102 Å². The van der Waals surface area contributed by atoms with E-state index in [0.717, 1.165) is 72.2 Å². The van der Waals surface area contributed by atoms with Crippen LogP contribution in [-0.2, 0) is 6.54 Å². The normalized spacial score (nSPS) is 16.2. The van der Waals surface area contributed by atoms with Gasteiger partial charge in [0.05, 0.1) is 5.69 Å². The van der Waals surface area contributed by atoms with Crippen molar-refractivity contribution in [1.29, 1.82) is 0 Å². The molecule has 1 aliphatic heterocycles. The summed E-state index contributed by atoms with van der Waals surface area (Å²) < 4.78 is 4.66. The Hall–Kier alpha value is -3.83. The number of hydrogen-bond donors (Lipinski definition) is 1. The molecule has 1 fully saturated rings. The average Bonchev–Trinajstić information content (AvgIpc) is 3.41. The Kier molecular flexibility index (Phi) is 5.65. The summed E-state index contributed by atoms with van der Waals surface area (Å²) in [6.07, 6.45) is 2.20. The standard InChI is InChI=1S/C31H33N5/c1-21-16-26(22(2)34-15-9-13-27(32)20-34)18-30-33-31(23(3)36(21)30)29-17-25-12-7-8-14-28(25)35(29)19-24-10-5-4-6-11-24/h4-8,10-12,14,16-18,27H,2,9,13,15,19-20,32H2,1,3H3. The molecule has 2 aromatic carbocycles. The SMILES string of the molecule is C=C(c1cc(C)n2c(C)c(-c3cc4ccccc4n3Cc3ccccc3)nc2c1)N1CCCC(N)C1. The van der Waals surface area contributed by atoms with Gasteiger partial charge < -0.3 is 19.6 Å². The molecule has 5 aromatic rings. The monoisotopic (exact) mass is 475 g/mol. The van der Waals surface area contributed by atoms with Crippen molar-refractivity contribution in [2.24, 2.45) is 5.73 Å². The first kappa shape index (κ1) is 22.6. The first-order valence-corrected chi connectivity index (χ1v) is 12.8. The van der Waals surface area contributed by atoms with Gasteiger partial charge >= 0.3 is 0 Å². The minimum atomic E-state index is 0.215. The van der Waals surface area contributed by atoms with E-state index < -0.39 is 0 Å². The lowest BCUT2D eigenvalue weighted by Gasteiger charge is -2.34. The van der Waals surface area contributed by atoms with Crippen LogP contribution in [0.15, 0.2) is 79.4 Å². The fourth-order valence-electron chi connectivity index (χ4n) is 5.73. The zero-order chi connectivity index (χ0) is 24.8. The van der Waals surface area contributed by atoms with Crippen LogP contribution in [0.2, 0.25) is 0 Å².